The minimum atomic E-state index is -3.79. The van der Waals surface area contributed by atoms with Gasteiger partial charge in [0.2, 0.25) is 5.91 Å². The van der Waals surface area contributed by atoms with Gasteiger partial charge in [0, 0.05) is 17.6 Å². The highest BCUT2D eigenvalue weighted by atomic mass is 35.5. The molecule has 1 unspecified atom stereocenters. The lowest BCUT2D eigenvalue weighted by Gasteiger charge is -2.30. The van der Waals surface area contributed by atoms with Crippen LogP contribution in [0, 0.1) is 5.92 Å². The van der Waals surface area contributed by atoms with Crippen LogP contribution in [0.5, 0.6) is 0 Å². The van der Waals surface area contributed by atoms with Crippen LogP contribution in [0.2, 0.25) is 5.02 Å². The molecule has 0 saturated heterocycles. The van der Waals surface area contributed by atoms with Gasteiger partial charge in [-0.2, -0.15) is 0 Å². The second-order valence-electron chi connectivity index (χ2n) is 6.81. The Balaban J connectivity index is 1.92. The SMILES string of the molecule is NCC(NC(=O)C1(S(=O)(=O)c2ccc(Cl)cc2)CCCC1)C1CC1. The zero-order chi connectivity index (χ0) is 17.4. The topological polar surface area (TPSA) is 89.3 Å². The van der Waals surface area contributed by atoms with E-state index in [9.17, 15) is 13.2 Å². The molecule has 24 heavy (non-hydrogen) atoms. The van der Waals surface area contributed by atoms with Gasteiger partial charge < -0.3 is 11.1 Å². The van der Waals surface area contributed by atoms with Crippen LogP contribution in [0.25, 0.3) is 0 Å². The van der Waals surface area contributed by atoms with Crippen LogP contribution in [-0.4, -0.2) is 31.7 Å². The third kappa shape index (κ3) is 3.07. The Morgan fingerprint density at radius 2 is 1.83 bits per heavy atom. The summed E-state index contributed by atoms with van der Waals surface area (Å²) in [7, 11) is -3.79. The quantitative estimate of drug-likeness (QED) is 0.803. The van der Waals surface area contributed by atoms with Crippen molar-refractivity contribution in [1.29, 1.82) is 0 Å². The van der Waals surface area contributed by atoms with Gasteiger partial charge in [0.1, 0.15) is 0 Å². The van der Waals surface area contributed by atoms with Gasteiger partial charge in [-0.05, 0) is 55.9 Å². The molecular weight excluding hydrogens is 348 g/mol. The van der Waals surface area contributed by atoms with Crippen LogP contribution in [-0.2, 0) is 14.6 Å². The second-order valence-corrected chi connectivity index (χ2v) is 9.51. The molecule has 2 saturated carbocycles. The molecule has 1 aromatic carbocycles. The van der Waals surface area contributed by atoms with E-state index in [-0.39, 0.29) is 10.9 Å². The number of halogens is 1. The summed E-state index contributed by atoms with van der Waals surface area (Å²) in [5, 5.41) is 3.40. The predicted molar refractivity (Wildman–Crippen MR) is 93.5 cm³/mol. The average Bonchev–Trinajstić information content (AvgIpc) is 3.27. The van der Waals surface area contributed by atoms with Crippen molar-refractivity contribution in [2.45, 2.75) is 54.2 Å². The number of amides is 1. The molecule has 7 heteroatoms. The molecule has 1 amide bonds. The first kappa shape index (κ1) is 17.7. The van der Waals surface area contributed by atoms with Crippen LogP contribution < -0.4 is 11.1 Å². The summed E-state index contributed by atoms with van der Waals surface area (Å²) in [6.07, 6.45) is 4.25. The normalized spacial score (nSPS) is 21.4. The third-order valence-corrected chi connectivity index (χ3v) is 7.99. The second kappa shape index (κ2) is 6.65. The van der Waals surface area contributed by atoms with Crippen LogP contribution in [0.1, 0.15) is 38.5 Å². The van der Waals surface area contributed by atoms with E-state index in [1.807, 2.05) is 0 Å². The smallest absolute Gasteiger partial charge is 0.242 e. The minimum absolute atomic E-state index is 0.129. The van der Waals surface area contributed by atoms with Gasteiger partial charge >= 0.3 is 0 Å². The molecule has 2 aliphatic rings. The molecule has 2 aliphatic carbocycles. The molecule has 0 bridgehead atoms. The number of nitrogens with two attached hydrogens (primary N) is 1. The number of benzene rings is 1. The highest BCUT2D eigenvalue weighted by Gasteiger charge is 2.53. The molecule has 3 rings (SSSR count). The van der Waals surface area contributed by atoms with Gasteiger partial charge in [-0.25, -0.2) is 8.42 Å². The molecule has 1 aromatic rings. The largest absolute Gasteiger partial charge is 0.350 e. The Bertz CT molecular complexity index is 708. The molecule has 1 atom stereocenters. The van der Waals surface area contributed by atoms with Crippen molar-refractivity contribution < 1.29 is 13.2 Å². The monoisotopic (exact) mass is 370 g/mol. The number of hydrogen-bond acceptors (Lipinski definition) is 4. The van der Waals surface area contributed by atoms with E-state index >= 15 is 0 Å². The molecule has 0 heterocycles. The Kier molecular flexibility index (Phi) is 4.91. The first-order valence-corrected chi connectivity index (χ1v) is 10.3. The summed E-state index contributed by atoms with van der Waals surface area (Å²) < 4.78 is 25.1. The van der Waals surface area contributed by atoms with E-state index < -0.39 is 20.5 Å². The lowest BCUT2D eigenvalue weighted by molar-refractivity contribution is -0.124. The molecule has 2 fully saturated rings. The van der Waals surface area contributed by atoms with E-state index in [4.69, 9.17) is 17.3 Å². The molecular formula is C17H23ClN2O3S. The Morgan fingerprint density at radius 1 is 1.25 bits per heavy atom. The van der Waals surface area contributed by atoms with E-state index in [2.05, 4.69) is 5.32 Å². The fourth-order valence-electron chi connectivity index (χ4n) is 3.57. The fraction of sp³-hybridized carbons (Fsp3) is 0.588. The molecule has 0 radical (unpaired) electrons. The average molecular weight is 371 g/mol. The number of rotatable bonds is 6. The summed E-state index contributed by atoms with van der Waals surface area (Å²) in [6, 6.07) is 5.91. The lowest BCUT2D eigenvalue weighted by Crippen LogP contribution is -2.55. The molecule has 5 nitrogen and oxygen atoms in total. The number of sulfone groups is 1. The zero-order valence-corrected chi connectivity index (χ0v) is 15.1. The van der Waals surface area contributed by atoms with Crippen LogP contribution >= 0.6 is 11.6 Å². The maximum atomic E-state index is 13.2. The predicted octanol–water partition coefficient (Wildman–Crippen LogP) is 2.28. The fourth-order valence-corrected chi connectivity index (χ4v) is 5.77. The standard InChI is InChI=1S/C17H23ClN2O3S/c18-13-5-7-14(8-6-13)24(22,23)17(9-1-2-10-17)16(21)20-15(11-19)12-3-4-12/h5-8,12,15H,1-4,9-11,19H2,(H,20,21). The number of nitrogens with one attached hydrogen (secondary N) is 1. The van der Waals surface area contributed by atoms with Gasteiger partial charge in [-0.15, -0.1) is 0 Å². The van der Waals surface area contributed by atoms with Crippen molar-refractivity contribution in [3.05, 3.63) is 29.3 Å². The summed E-state index contributed by atoms with van der Waals surface area (Å²) in [6.45, 7) is 0.341. The summed E-state index contributed by atoms with van der Waals surface area (Å²) in [4.78, 5) is 13.1. The van der Waals surface area contributed by atoms with E-state index in [1.165, 1.54) is 12.1 Å². The van der Waals surface area contributed by atoms with Crippen molar-refractivity contribution in [1.82, 2.24) is 5.32 Å². The molecule has 3 N–H and O–H groups in total. The number of hydrogen-bond donors (Lipinski definition) is 2. The van der Waals surface area contributed by atoms with Crippen molar-refractivity contribution in [2.75, 3.05) is 6.54 Å². The summed E-state index contributed by atoms with van der Waals surface area (Å²) >= 11 is 5.86. The van der Waals surface area contributed by atoms with Crippen molar-refractivity contribution in [3.8, 4) is 0 Å². The van der Waals surface area contributed by atoms with Crippen molar-refractivity contribution >= 4 is 27.3 Å². The van der Waals surface area contributed by atoms with Gasteiger partial charge in [0.15, 0.2) is 14.6 Å². The van der Waals surface area contributed by atoms with Gasteiger partial charge in [-0.3, -0.25) is 4.79 Å². The van der Waals surface area contributed by atoms with Gasteiger partial charge in [0.05, 0.1) is 4.90 Å². The maximum Gasteiger partial charge on any atom is 0.242 e. The van der Waals surface area contributed by atoms with Crippen molar-refractivity contribution in [2.24, 2.45) is 11.7 Å². The molecule has 132 valence electrons. The number of carbonyl (C=O) groups is 1. The summed E-state index contributed by atoms with van der Waals surface area (Å²) in [5.41, 5.74) is 5.76. The highest BCUT2D eigenvalue weighted by molar-refractivity contribution is 7.93. The van der Waals surface area contributed by atoms with Crippen LogP contribution in [0.3, 0.4) is 0 Å². The van der Waals surface area contributed by atoms with Gasteiger partial charge in [0.25, 0.3) is 0 Å². The zero-order valence-electron chi connectivity index (χ0n) is 13.5. The Labute approximate surface area is 147 Å². The first-order chi connectivity index (χ1) is 11.4. The Morgan fingerprint density at radius 3 is 2.33 bits per heavy atom. The summed E-state index contributed by atoms with van der Waals surface area (Å²) in [5.74, 6) is -0.00654. The highest BCUT2D eigenvalue weighted by Crippen LogP contribution is 2.41. The number of carbonyl (C=O) groups excluding carboxylic acids is 1. The van der Waals surface area contributed by atoms with E-state index in [1.54, 1.807) is 12.1 Å². The minimum Gasteiger partial charge on any atom is -0.350 e. The third-order valence-electron chi connectivity index (χ3n) is 5.22. The molecule has 0 aliphatic heterocycles. The van der Waals surface area contributed by atoms with Gasteiger partial charge in [-0.1, -0.05) is 24.4 Å². The maximum absolute atomic E-state index is 13.2. The van der Waals surface area contributed by atoms with E-state index in [0.717, 1.165) is 25.7 Å². The van der Waals surface area contributed by atoms with Crippen molar-refractivity contribution in [3.63, 3.8) is 0 Å². The first-order valence-electron chi connectivity index (χ1n) is 8.42. The van der Waals surface area contributed by atoms with E-state index in [0.29, 0.717) is 30.3 Å². The van der Waals surface area contributed by atoms with Crippen LogP contribution in [0.15, 0.2) is 29.2 Å². The lowest BCUT2D eigenvalue weighted by atomic mass is 10.0. The Hall–Kier alpha value is -1.11. The molecule has 0 spiro atoms. The molecule has 0 aromatic heterocycles. The van der Waals surface area contributed by atoms with Crippen LogP contribution in [0.4, 0.5) is 0 Å².